The first-order valence-electron chi connectivity index (χ1n) is 12.8. The van der Waals surface area contributed by atoms with Crippen molar-refractivity contribution < 1.29 is 9.44 Å². The van der Waals surface area contributed by atoms with Crippen molar-refractivity contribution in [2.75, 3.05) is 0 Å². The lowest BCUT2D eigenvalue weighted by molar-refractivity contribution is 0.613. The largest absolute Gasteiger partial charge is 0.454 e. The highest BCUT2D eigenvalue weighted by molar-refractivity contribution is 6.50. The predicted molar refractivity (Wildman–Crippen MR) is 155 cm³/mol. The van der Waals surface area contributed by atoms with Gasteiger partial charge >= 0.3 is 7.48 Å². The maximum Gasteiger partial charge on any atom is 0.308 e. The SMILES string of the molecule is CC1(C)c2ccccc2-c2cc3c4ccccc4n(-c4cccc5c4oc4c(BO)cccc45)c3cc21. The molecule has 0 saturated carbocycles. The Morgan fingerprint density at radius 2 is 1.38 bits per heavy atom. The van der Waals surface area contributed by atoms with E-state index in [9.17, 15) is 5.02 Å². The Morgan fingerprint density at radius 1 is 0.649 bits per heavy atom. The molecule has 0 unspecified atom stereocenters. The minimum atomic E-state index is -0.0806. The van der Waals surface area contributed by atoms with E-state index in [1.165, 1.54) is 38.5 Å². The van der Waals surface area contributed by atoms with Gasteiger partial charge in [-0.1, -0.05) is 86.6 Å². The molecule has 0 bridgehead atoms. The summed E-state index contributed by atoms with van der Waals surface area (Å²) in [6, 6.07) is 34.5. The Labute approximate surface area is 214 Å². The summed E-state index contributed by atoms with van der Waals surface area (Å²) < 4.78 is 8.89. The van der Waals surface area contributed by atoms with Gasteiger partial charge in [0.25, 0.3) is 0 Å². The monoisotopic (exact) mass is 477 g/mol. The Morgan fingerprint density at radius 3 is 2.24 bits per heavy atom. The fourth-order valence-electron chi connectivity index (χ4n) is 6.59. The molecular formula is C33H24BNO2. The van der Waals surface area contributed by atoms with Gasteiger partial charge < -0.3 is 14.0 Å². The molecule has 0 radical (unpaired) electrons. The molecule has 0 fully saturated rings. The summed E-state index contributed by atoms with van der Waals surface area (Å²) in [5.74, 6) is 0. The molecule has 0 spiro atoms. The Bertz CT molecular complexity index is 2060. The fourth-order valence-corrected chi connectivity index (χ4v) is 6.59. The van der Waals surface area contributed by atoms with Crippen molar-refractivity contribution in [3.63, 3.8) is 0 Å². The van der Waals surface area contributed by atoms with E-state index in [0.717, 1.165) is 38.6 Å². The summed E-state index contributed by atoms with van der Waals surface area (Å²) in [5.41, 5.74) is 11.0. The molecule has 176 valence electrons. The first-order valence-corrected chi connectivity index (χ1v) is 12.8. The summed E-state index contributed by atoms with van der Waals surface area (Å²) in [7, 11) is -0.0519. The van der Waals surface area contributed by atoms with Gasteiger partial charge in [0.2, 0.25) is 0 Å². The molecule has 2 heterocycles. The molecule has 4 heteroatoms. The minimum Gasteiger partial charge on any atom is -0.454 e. The van der Waals surface area contributed by atoms with E-state index in [1.54, 1.807) is 0 Å². The van der Waals surface area contributed by atoms with Gasteiger partial charge in [-0.15, -0.1) is 0 Å². The number of para-hydroxylation sites is 3. The molecule has 1 aliphatic rings. The standard InChI is InChI=1S/C33H24BNO2/c1-33(2)25-13-5-3-9-19(25)23-17-24-20-10-4-6-15-28(20)35(30(24)18-26(23)33)29-16-8-12-22-21-11-7-14-27(34-36)31(21)37-32(22)29/h3-18,34,36H,1-2H3. The normalized spacial score (nSPS) is 14.0. The smallest absolute Gasteiger partial charge is 0.308 e. The van der Waals surface area contributed by atoms with Gasteiger partial charge in [-0.25, -0.2) is 0 Å². The molecule has 5 aromatic carbocycles. The summed E-state index contributed by atoms with van der Waals surface area (Å²) in [6.45, 7) is 4.65. The third-order valence-corrected chi connectivity index (χ3v) is 8.37. The van der Waals surface area contributed by atoms with Crippen LogP contribution in [0.5, 0.6) is 0 Å². The highest BCUT2D eigenvalue weighted by atomic mass is 16.3. The van der Waals surface area contributed by atoms with Gasteiger partial charge in [0.05, 0.1) is 16.7 Å². The molecular weight excluding hydrogens is 453 g/mol. The molecule has 8 rings (SSSR count). The van der Waals surface area contributed by atoms with Crippen LogP contribution in [0.1, 0.15) is 25.0 Å². The zero-order valence-corrected chi connectivity index (χ0v) is 20.7. The van der Waals surface area contributed by atoms with E-state index in [1.807, 2.05) is 12.1 Å². The van der Waals surface area contributed by atoms with Crippen molar-refractivity contribution in [3.8, 4) is 16.8 Å². The lowest BCUT2D eigenvalue weighted by Crippen LogP contribution is -2.14. The quantitative estimate of drug-likeness (QED) is 0.274. The Balaban J connectivity index is 1.52. The van der Waals surface area contributed by atoms with Gasteiger partial charge in [0, 0.05) is 27.0 Å². The maximum atomic E-state index is 9.94. The van der Waals surface area contributed by atoms with Crippen molar-refractivity contribution in [2.24, 2.45) is 0 Å². The molecule has 0 atom stereocenters. The van der Waals surface area contributed by atoms with E-state index in [4.69, 9.17) is 4.42 Å². The number of rotatable bonds is 2. The van der Waals surface area contributed by atoms with Crippen molar-refractivity contribution in [2.45, 2.75) is 19.3 Å². The lowest BCUT2D eigenvalue weighted by atomic mass is 9.82. The van der Waals surface area contributed by atoms with E-state index < -0.39 is 0 Å². The topological polar surface area (TPSA) is 38.3 Å². The Kier molecular flexibility index (Phi) is 4.03. The summed E-state index contributed by atoms with van der Waals surface area (Å²) >= 11 is 0. The third-order valence-electron chi connectivity index (χ3n) is 8.37. The second-order valence-electron chi connectivity index (χ2n) is 10.6. The summed E-state index contributed by atoms with van der Waals surface area (Å²) in [6.07, 6.45) is 0. The van der Waals surface area contributed by atoms with E-state index in [0.29, 0.717) is 0 Å². The predicted octanol–water partition coefficient (Wildman–Crippen LogP) is 6.96. The van der Waals surface area contributed by atoms with Crippen molar-refractivity contribution >= 4 is 56.7 Å². The number of benzene rings is 5. The average Bonchev–Trinajstić information content (AvgIpc) is 3.54. The molecule has 37 heavy (non-hydrogen) atoms. The molecule has 3 nitrogen and oxygen atoms in total. The maximum absolute atomic E-state index is 9.94. The average molecular weight is 477 g/mol. The van der Waals surface area contributed by atoms with Crippen LogP contribution in [0, 0.1) is 0 Å². The molecule has 1 aliphatic carbocycles. The molecule has 0 saturated heterocycles. The third kappa shape index (κ3) is 2.61. The zero-order valence-electron chi connectivity index (χ0n) is 20.7. The highest BCUT2D eigenvalue weighted by Crippen LogP contribution is 2.51. The number of furan rings is 1. The molecule has 1 N–H and O–H groups in total. The van der Waals surface area contributed by atoms with E-state index in [2.05, 4.69) is 103 Å². The van der Waals surface area contributed by atoms with Crippen LogP contribution in [0.2, 0.25) is 0 Å². The van der Waals surface area contributed by atoms with E-state index >= 15 is 0 Å². The molecule has 0 aliphatic heterocycles. The Hall–Kier alpha value is -4.28. The van der Waals surface area contributed by atoms with Gasteiger partial charge in [-0.3, -0.25) is 0 Å². The zero-order chi connectivity index (χ0) is 24.9. The molecule has 7 aromatic rings. The van der Waals surface area contributed by atoms with Gasteiger partial charge in [-0.05, 0) is 52.0 Å². The van der Waals surface area contributed by atoms with Gasteiger partial charge in [-0.2, -0.15) is 0 Å². The van der Waals surface area contributed by atoms with Crippen LogP contribution >= 0.6 is 0 Å². The lowest BCUT2D eigenvalue weighted by Gasteiger charge is -2.21. The van der Waals surface area contributed by atoms with Crippen molar-refractivity contribution in [3.05, 3.63) is 108 Å². The van der Waals surface area contributed by atoms with Crippen LogP contribution in [-0.4, -0.2) is 17.1 Å². The fraction of sp³-hybridized carbons (Fsp3) is 0.0909. The second-order valence-corrected chi connectivity index (χ2v) is 10.6. The van der Waals surface area contributed by atoms with Crippen LogP contribution in [0.15, 0.2) is 101 Å². The van der Waals surface area contributed by atoms with E-state index in [-0.39, 0.29) is 12.9 Å². The molecule has 2 aromatic heterocycles. The summed E-state index contributed by atoms with van der Waals surface area (Å²) in [4.78, 5) is 0. The van der Waals surface area contributed by atoms with Crippen molar-refractivity contribution in [1.82, 2.24) is 4.57 Å². The summed E-state index contributed by atoms with van der Waals surface area (Å²) in [5, 5.41) is 14.5. The van der Waals surface area contributed by atoms with Crippen LogP contribution in [0.4, 0.5) is 0 Å². The van der Waals surface area contributed by atoms with Gasteiger partial charge in [0.1, 0.15) is 5.58 Å². The number of nitrogens with zero attached hydrogens (tertiary/aromatic N) is 1. The van der Waals surface area contributed by atoms with Crippen LogP contribution in [-0.2, 0) is 5.41 Å². The van der Waals surface area contributed by atoms with Crippen LogP contribution in [0.25, 0.3) is 60.6 Å². The van der Waals surface area contributed by atoms with Gasteiger partial charge in [0.15, 0.2) is 5.58 Å². The number of aromatic nitrogens is 1. The first-order chi connectivity index (χ1) is 18.1. The van der Waals surface area contributed by atoms with Crippen LogP contribution < -0.4 is 5.46 Å². The minimum absolute atomic E-state index is 0.0519. The first kappa shape index (κ1) is 20.9. The number of hydrogen-bond acceptors (Lipinski definition) is 2. The second kappa shape index (κ2) is 7.15. The van der Waals surface area contributed by atoms with Crippen molar-refractivity contribution in [1.29, 1.82) is 0 Å². The number of hydrogen-bond donors (Lipinski definition) is 1. The van der Waals surface area contributed by atoms with Crippen LogP contribution in [0.3, 0.4) is 0 Å². The number of fused-ring (bicyclic) bond motifs is 9. The highest BCUT2D eigenvalue weighted by Gasteiger charge is 2.36. The molecule has 0 amide bonds.